The lowest BCUT2D eigenvalue weighted by Gasteiger charge is -2.38. The van der Waals surface area contributed by atoms with Gasteiger partial charge in [0.1, 0.15) is 5.82 Å². The van der Waals surface area contributed by atoms with Crippen LogP contribution in [0.1, 0.15) is 40.0 Å². The first-order chi connectivity index (χ1) is 8.61. The van der Waals surface area contributed by atoms with Gasteiger partial charge in [0.15, 0.2) is 0 Å². The predicted molar refractivity (Wildman–Crippen MR) is 76.0 cm³/mol. The molecule has 0 aliphatic carbocycles. The van der Waals surface area contributed by atoms with E-state index in [0.717, 1.165) is 37.8 Å². The molecule has 1 aromatic rings. The maximum absolute atomic E-state index is 4.60. The molecule has 4 nitrogen and oxygen atoms in total. The minimum absolute atomic E-state index is 0.389. The smallest absolute Gasteiger partial charge is 0.224 e. The molecule has 0 saturated carbocycles. The fraction of sp³-hybridized carbons (Fsp3) is 0.714. The van der Waals surface area contributed by atoms with E-state index in [0.29, 0.717) is 5.41 Å². The normalized spacial score (nSPS) is 18.7. The Kier molecular flexibility index (Phi) is 4.04. The summed E-state index contributed by atoms with van der Waals surface area (Å²) in [6, 6.07) is 2.01. The number of piperidine rings is 1. The van der Waals surface area contributed by atoms with Crippen LogP contribution >= 0.6 is 0 Å². The van der Waals surface area contributed by atoms with Crippen molar-refractivity contribution in [1.82, 2.24) is 9.97 Å². The van der Waals surface area contributed by atoms with Crippen LogP contribution in [0.5, 0.6) is 0 Å². The summed E-state index contributed by atoms with van der Waals surface area (Å²) in [6.07, 6.45) is 5.48. The maximum atomic E-state index is 4.60. The number of hydrogen-bond donors (Lipinski definition) is 1. The van der Waals surface area contributed by atoms with Crippen LogP contribution in [0.15, 0.2) is 12.3 Å². The monoisotopic (exact) mass is 248 g/mol. The molecule has 18 heavy (non-hydrogen) atoms. The number of aromatic nitrogens is 2. The van der Waals surface area contributed by atoms with Crippen molar-refractivity contribution in [3.63, 3.8) is 0 Å². The third-order valence-electron chi connectivity index (χ3n) is 3.40. The standard InChI is InChI=1S/C14H24N4/c1-4-8-15-13-16-9-6-12(17-13)18-10-5-7-14(2,3)11-18/h6,9H,4-5,7-8,10-11H2,1-3H3,(H,15,16,17). The summed E-state index contributed by atoms with van der Waals surface area (Å²) in [5.41, 5.74) is 0.389. The van der Waals surface area contributed by atoms with Crippen LogP contribution in [-0.2, 0) is 0 Å². The third kappa shape index (κ3) is 3.34. The average Bonchev–Trinajstić information content (AvgIpc) is 2.35. The lowest BCUT2D eigenvalue weighted by Crippen LogP contribution is -2.40. The number of anilines is 2. The van der Waals surface area contributed by atoms with E-state index >= 15 is 0 Å². The zero-order valence-corrected chi connectivity index (χ0v) is 11.7. The molecule has 1 N–H and O–H groups in total. The molecule has 0 aromatic carbocycles. The Morgan fingerprint density at radius 2 is 2.28 bits per heavy atom. The van der Waals surface area contributed by atoms with Gasteiger partial charge in [-0.1, -0.05) is 20.8 Å². The van der Waals surface area contributed by atoms with Crippen molar-refractivity contribution in [2.24, 2.45) is 5.41 Å². The molecule has 0 unspecified atom stereocenters. The minimum Gasteiger partial charge on any atom is -0.356 e. The Bertz CT molecular complexity index is 389. The predicted octanol–water partition coefficient (Wildman–Crippen LogP) is 2.92. The van der Waals surface area contributed by atoms with Crippen LogP contribution in [0.4, 0.5) is 11.8 Å². The van der Waals surface area contributed by atoms with Crippen LogP contribution in [0.25, 0.3) is 0 Å². The van der Waals surface area contributed by atoms with Gasteiger partial charge in [0, 0.05) is 25.8 Å². The fourth-order valence-electron chi connectivity index (χ4n) is 2.47. The molecule has 0 atom stereocenters. The van der Waals surface area contributed by atoms with Crippen molar-refractivity contribution < 1.29 is 0 Å². The molecule has 0 spiro atoms. The highest BCUT2D eigenvalue weighted by atomic mass is 15.2. The van der Waals surface area contributed by atoms with Crippen molar-refractivity contribution in [3.8, 4) is 0 Å². The molecule has 100 valence electrons. The molecule has 0 radical (unpaired) electrons. The van der Waals surface area contributed by atoms with Gasteiger partial charge in [-0.05, 0) is 30.7 Å². The molecular weight excluding hydrogens is 224 g/mol. The quantitative estimate of drug-likeness (QED) is 0.889. The van der Waals surface area contributed by atoms with Gasteiger partial charge >= 0.3 is 0 Å². The Balaban J connectivity index is 2.07. The topological polar surface area (TPSA) is 41.1 Å². The first-order valence-electron chi connectivity index (χ1n) is 6.92. The number of nitrogens with zero attached hydrogens (tertiary/aromatic N) is 3. The first-order valence-corrected chi connectivity index (χ1v) is 6.92. The third-order valence-corrected chi connectivity index (χ3v) is 3.40. The van der Waals surface area contributed by atoms with Crippen molar-refractivity contribution in [3.05, 3.63) is 12.3 Å². The number of rotatable bonds is 4. The summed E-state index contributed by atoms with van der Waals surface area (Å²) in [5.74, 6) is 1.80. The fourth-order valence-corrected chi connectivity index (χ4v) is 2.47. The van der Waals surface area contributed by atoms with Crippen LogP contribution in [-0.4, -0.2) is 29.6 Å². The second kappa shape index (κ2) is 5.55. The van der Waals surface area contributed by atoms with Crippen molar-refractivity contribution in [2.45, 2.75) is 40.0 Å². The summed E-state index contributed by atoms with van der Waals surface area (Å²) >= 11 is 0. The summed E-state index contributed by atoms with van der Waals surface area (Å²) in [5, 5.41) is 3.25. The van der Waals surface area contributed by atoms with Crippen molar-refractivity contribution >= 4 is 11.8 Å². The SMILES string of the molecule is CCCNc1nccc(N2CCCC(C)(C)C2)n1. The lowest BCUT2D eigenvalue weighted by molar-refractivity contribution is 0.292. The summed E-state index contributed by atoms with van der Waals surface area (Å²) < 4.78 is 0. The highest BCUT2D eigenvalue weighted by Gasteiger charge is 2.27. The molecule has 1 aliphatic rings. The summed E-state index contributed by atoms with van der Waals surface area (Å²) in [4.78, 5) is 11.2. The summed E-state index contributed by atoms with van der Waals surface area (Å²) in [7, 11) is 0. The van der Waals surface area contributed by atoms with Crippen molar-refractivity contribution in [1.29, 1.82) is 0 Å². The van der Waals surface area contributed by atoms with Crippen LogP contribution in [0.2, 0.25) is 0 Å². The van der Waals surface area contributed by atoms with E-state index in [9.17, 15) is 0 Å². The highest BCUT2D eigenvalue weighted by molar-refractivity contribution is 5.43. The van der Waals surface area contributed by atoms with E-state index in [1.165, 1.54) is 12.8 Å². The molecule has 2 heterocycles. The van der Waals surface area contributed by atoms with Crippen molar-refractivity contribution in [2.75, 3.05) is 29.9 Å². The van der Waals surface area contributed by atoms with Gasteiger partial charge in [-0.3, -0.25) is 0 Å². The Morgan fingerprint density at radius 3 is 3.00 bits per heavy atom. The van der Waals surface area contributed by atoms with Crippen LogP contribution in [0.3, 0.4) is 0 Å². The van der Waals surface area contributed by atoms with E-state index in [1.54, 1.807) is 0 Å². The molecule has 1 fully saturated rings. The largest absolute Gasteiger partial charge is 0.356 e. The number of hydrogen-bond acceptors (Lipinski definition) is 4. The molecule has 0 amide bonds. The zero-order valence-electron chi connectivity index (χ0n) is 11.7. The molecule has 1 aliphatic heterocycles. The van der Waals surface area contributed by atoms with E-state index in [2.05, 4.69) is 41.0 Å². The second-order valence-electron chi connectivity index (χ2n) is 5.85. The van der Waals surface area contributed by atoms with E-state index < -0.39 is 0 Å². The van der Waals surface area contributed by atoms with Gasteiger partial charge < -0.3 is 10.2 Å². The van der Waals surface area contributed by atoms with Gasteiger partial charge in [0.25, 0.3) is 0 Å². The molecule has 0 bridgehead atoms. The van der Waals surface area contributed by atoms with Gasteiger partial charge in [-0.15, -0.1) is 0 Å². The zero-order chi connectivity index (χ0) is 13.0. The van der Waals surface area contributed by atoms with E-state index in [-0.39, 0.29) is 0 Å². The van der Waals surface area contributed by atoms with Crippen LogP contribution < -0.4 is 10.2 Å². The molecular formula is C14H24N4. The Morgan fingerprint density at radius 1 is 1.44 bits per heavy atom. The molecule has 2 rings (SSSR count). The van der Waals surface area contributed by atoms with E-state index in [4.69, 9.17) is 0 Å². The van der Waals surface area contributed by atoms with Gasteiger partial charge in [0.2, 0.25) is 5.95 Å². The minimum atomic E-state index is 0.389. The lowest BCUT2D eigenvalue weighted by atomic mass is 9.84. The molecule has 4 heteroatoms. The Labute approximate surface area is 110 Å². The van der Waals surface area contributed by atoms with Gasteiger partial charge in [-0.2, -0.15) is 4.98 Å². The molecule has 1 saturated heterocycles. The summed E-state index contributed by atoms with van der Waals surface area (Å²) in [6.45, 7) is 9.91. The molecule has 1 aromatic heterocycles. The first kappa shape index (κ1) is 13.1. The van der Waals surface area contributed by atoms with Gasteiger partial charge in [-0.25, -0.2) is 4.98 Å². The van der Waals surface area contributed by atoms with Crippen LogP contribution in [0, 0.1) is 5.41 Å². The number of nitrogens with one attached hydrogen (secondary N) is 1. The van der Waals surface area contributed by atoms with E-state index in [1.807, 2.05) is 12.3 Å². The maximum Gasteiger partial charge on any atom is 0.224 e. The average molecular weight is 248 g/mol. The Hall–Kier alpha value is -1.32. The highest BCUT2D eigenvalue weighted by Crippen LogP contribution is 2.30. The second-order valence-corrected chi connectivity index (χ2v) is 5.85. The van der Waals surface area contributed by atoms with Gasteiger partial charge in [0.05, 0.1) is 0 Å².